The molecule has 1 aromatic heterocycles. The highest BCUT2D eigenvalue weighted by Gasteiger charge is 2.19. The number of rotatable bonds is 8. The molecule has 1 N–H and O–H groups in total. The van der Waals surface area contributed by atoms with Crippen molar-refractivity contribution in [2.24, 2.45) is 0 Å². The van der Waals surface area contributed by atoms with E-state index in [-0.39, 0.29) is 12.0 Å². The van der Waals surface area contributed by atoms with Crippen LogP contribution in [0.4, 0.5) is 0 Å². The van der Waals surface area contributed by atoms with Crippen molar-refractivity contribution >= 4 is 29.3 Å². The fraction of sp³-hybridized carbons (Fsp3) is 0.727. The Bertz CT molecular complexity index is 371. The van der Waals surface area contributed by atoms with Gasteiger partial charge in [0.1, 0.15) is 11.9 Å². The quantitative estimate of drug-likeness (QED) is 0.582. The van der Waals surface area contributed by atoms with Crippen LogP contribution in [0.25, 0.3) is 0 Å². The van der Waals surface area contributed by atoms with Crippen LogP contribution in [-0.4, -0.2) is 40.3 Å². The van der Waals surface area contributed by atoms with Crippen LogP contribution in [0.5, 0.6) is 0 Å². The van der Waals surface area contributed by atoms with Crippen molar-refractivity contribution in [1.29, 1.82) is 0 Å². The summed E-state index contributed by atoms with van der Waals surface area (Å²) in [5, 5.41) is 3.19. The van der Waals surface area contributed by atoms with Gasteiger partial charge in [-0.1, -0.05) is 18.7 Å². The van der Waals surface area contributed by atoms with Crippen LogP contribution in [0, 0.1) is 6.92 Å². The Morgan fingerprint density at radius 2 is 2.33 bits per heavy atom. The standard InChI is InChI=1S/C11H19N3O2S2/c1-4-6-12-9(10(15)16-5-2)7-17-11-13-8(3)14-18-11/h9,12H,4-7H2,1-3H3. The van der Waals surface area contributed by atoms with E-state index in [0.29, 0.717) is 12.4 Å². The second kappa shape index (κ2) is 8.44. The number of esters is 1. The normalized spacial score (nSPS) is 12.4. The lowest BCUT2D eigenvalue weighted by Crippen LogP contribution is -2.40. The Hall–Kier alpha value is -0.660. The molecule has 1 heterocycles. The Morgan fingerprint density at radius 3 is 2.89 bits per heavy atom. The molecule has 0 spiro atoms. The van der Waals surface area contributed by atoms with Crippen LogP contribution in [0.3, 0.4) is 0 Å². The molecule has 7 heteroatoms. The molecule has 0 aliphatic carbocycles. The monoisotopic (exact) mass is 289 g/mol. The molecule has 0 aliphatic heterocycles. The third kappa shape index (κ3) is 5.32. The van der Waals surface area contributed by atoms with Gasteiger partial charge < -0.3 is 10.1 Å². The molecule has 0 aliphatic rings. The molecule has 0 radical (unpaired) electrons. The molecule has 102 valence electrons. The number of nitrogens with one attached hydrogen (secondary N) is 1. The van der Waals surface area contributed by atoms with Crippen molar-refractivity contribution in [2.45, 2.75) is 37.6 Å². The van der Waals surface area contributed by atoms with Gasteiger partial charge in [0.2, 0.25) is 0 Å². The number of carbonyl (C=O) groups excluding carboxylic acids is 1. The Morgan fingerprint density at radius 1 is 1.56 bits per heavy atom. The highest BCUT2D eigenvalue weighted by atomic mass is 32.2. The maximum Gasteiger partial charge on any atom is 0.323 e. The molecular weight excluding hydrogens is 270 g/mol. The summed E-state index contributed by atoms with van der Waals surface area (Å²) in [7, 11) is 0. The van der Waals surface area contributed by atoms with Gasteiger partial charge in [-0.2, -0.15) is 4.37 Å². The molecule has 18 heavy (non-hydrogen) atoms. The first kappa shape index (κ1) is 15.4. The zero-order chi connectivity index (χ0) is 13.4. The van der Waals surface area contributed by atoms with E-state index in [4.69, 9.17) is 4.74 Å². The predicted molar refractivity (Wildman–Crippen MR) is 74.1 cm³/mol. The smallest absolute Gasteiger partial charge is 0.323 e. The van der Waals surface area contributed by atoms with Crippen molar-refractivity contribution in [3.05, 3.63) is 5.82 Å². The fourth-order valence-electron chi connectivity index (χ4n) is 1.26. The first-order valence-corrected chi connectivity index (χ1v) is 7.76. The summed E-state index contributed by atoms with van der Waals surface area (Å²) in [4.78, 5) is 16.0. The van der Waals surface area contributed by atoms with E-state index >= 15 is 0 Å². The van der Waals surface area contributed by atoms with Crippen molar-refractivity contribution in [1.82, 2.24) is 14.7 Å². The molecule has 0 aromatic carbocycles. The lowest BCUT2D eigenvalue weighted by Gasteiger charge is -2.15. The van der Waals surface area contributed by atoms with Gasteiger partial charge in [-0.3, -0.25) is 4.79 Å². The molecule has 1 unspecified atom stereocenters. The van der Waals surface area contributed by atoms with E-state index in [9.17, 15) is 4.79 Å². The first-order valence-electron chi connectivity index (χ1n) is 6.00. The van der Waals surface area contributed by atoms with Gasteiger partial charge in [-0.25, -0.2) is 4.98 Å². The van der Waals surface area contributed by atoms with Crippen LogP contribution in [0.15, 0.2) is 4.34 Å². The van der Waals surface area contributed by atoms with E-state index in [1.54, 1.807) is 0 Å². The van der Waals surface area contributed by atoms with Gasteiger partial charge in [0.15, 0.2) is 4.34 Å². The van der Waals surface area contributed by atoms with E-state index in [2.05, 4.69) is 21.6 Å². The minimum absolute atomic E-state index is 0.195. The summed E-state index contributed by atoms with van der Waals surface area (Å²) >= 11 is 2.90. The predicted octanol–water partition coefficient (Wildman–Crippen LogP) is 1.87. The lowest BCUT2D eigenvalue weighted by molar-refractivity contribution is -0.144. The third-order valence-corrected chi connectivity index (χ3v) is 4.11. The Kier molecular flexibility index (Phi) is 7.22. The molecule has 0 bridgehead atoms. The summed E-state index contributed by atoms with van der Waals surface area (Å²) in [5.41, 5.74) is 0. The molecule has 0 fully saturated rings. The fourth-order valence-corrected chi connectivity index (χ4v) is 2.97. The molecule has 0 saturated carbocycles. The van der Waals surface area contributed by atoms with Crippen LogP contribution in [0.1, 0.15) is 26.1 Å². The van der Waals surface area contributed by atoms with Crippen LogP contribution >= 0.6 is 23.3 Å². The molecule has 1 rings (SSSR count). The topological polar surface area (TPSA) is 64.1 Å². The second-order valence-electron chi connectivity index (χ2n) is 3.68. The van der Waals surface area contributed by atoms with E-state index in [0.717, 1.165) is 23.1 Å². The van der Waals surface area contributed by atoms with Crippen LogP contribution in [0.2, 0.25) is 0 Å². The minimum atomic E-state index is -0.279. The molecule has 0 amide bonds. The average molecular weight is 289 g/mol. The molecule has 5 nitrogen and oxygen atoms in total. The van der Waals surface area contributed by atoms with Crippen LogP contribution in [-0.2, 0) is 9.53 Å². The molecule has 1 atom stereocenters. The number of aromatic nitrogens is 2. The van der Waals surface area contributed by atoms with Gasteiger partial charge in [0, 0.05) is 5.75 Å². The number of carbonyl (C=O) groups is 1. The number of aryl methyl sites for hydroxylation is 1. The summed E-state index contributed by atoms with van der Waals surface area (Å²) in [6.07, 6.45) is 0.985. The lowest BCUT2D eigenvalue weighted by atomic mass is 10.3. The summed E-state index contributed by atoms with van der Waals surface area (Å²) in [6, 6.07) is -0.279. The minimum Gasteiger partial charge on any atom is -0.465 e. The molecule has 0 saturated heterocycles. The zero-order valence-corrected chi connectivity index (χ0v) is 12.6. The average Bonchev–Trinajstić information content (AvgIpc) is 2.75. The second-order valence-corrected chi connectivity index (χ2v) is 5.70. The summed E-state index contributed by atoms with van der Waals surface area (Å²) < 4.78 is 10.0. The van der Waals surface area contributed by atoms with Gasteiger partial charge in [0.05, 0.1) is 6.61 Å². The van der Waals surface area contributed by atoms with Gasteiger partial charge in [0.25, 0.3) is 0 Å². The number of ether oxygens (including phenoxy) is 1. The Labute approximate surface area is 116 Å². The van der Waals surface area contributed by atoms with Gasteiger partial charge in [-0.05, 0) is 38.3 Å². The van der Waals surface area contributed by atoms with Crippen molar-refractivity contribution in [3.8, 4) is 0 Å². The van der Waals surface area contributed by atoms with E-state index in [1.807, 2.05) is 13.8 Å². The summed E-state index contributed by atoms with van der Waals surface area (Å²) in [5.74, 6) is 1.20. The van der Waals surface area contributed by atoms with Crippen molar-refractivity contribution < 1.29 is 9.53 Å². The van der Waals surface area contributed by atoms with Gasteiger partial charge in [-0.15, -0.1) is 0 Å². The van der Waals surface area contributed by atoms with Gasteiger partial charge >= 0.3 is 5.97 Å². The number of nitrogens with zero attached hydrogens (tertiary/aromatic N) is 2. The third-order valence-electron chi connectivity index (χ3n) is 2.09. The number of hydrogen-bond acceptors (Lipinski definition) is 7. The van der Waals surface area contributed by atoms with Crippen LogP contribution < -0.4 is 5.32 Å². The highest BCUT2D eigenvalue weighted by Crippen LogP contribution is 2.20. The number of thioether (sulfide) groups is 1. The zero-order valence-electron chi connectivity index (χ0n) is 10.9. The first-order chi connectivity index (χ1) is 8.67. The Balaban J connectivity index is 2.46. The van der Waals surface area contributed by atoms with Crippen molar-refractivity contribution in [2.75, 3.05) is 18.9 Å². The maximum atomic E-state index is 11.7. The highest BCUT2D eigenvalue weighted by molar-refractivity contribution is 8.01. The maximum absolute atomic E-state index is 11.7. The summed E-state index contributed by atoms with van der Waals surface area (Å²) in [6.45, 7) is 6.95. The molecular formula is C11H19N3O2S2. The SMILES string of the molecule is CCCNC(CSc1nc(C)ns1)C(=O)OCC. The van der Waals surface area contributed by atoms with E-state index in [1.165, 1.54) is 23.3 Å². The largest absolute Gasteiger partial charge is 0.465 e. The van der Waals surface area contributed by atoms with E-state index < -0.39 is 0 Å². The number of hydrogen-bond donors (Lipinski definition) is 1. The molecule has 1 aromatic rings. The van der Waals surface area contributed by atoms with Crippen molar-refractivity contribution in [3.63, 3.8) is 0 Å².